The summed E-state index contributed by atoms with van der Waals surface area (Å²) < 4.78 is 14.0. The lowest BCUT2D eigenvalue weighted by molar-refractivity contribution is 0.0713. The summed E-state index contributed by atoms with van der Waals surface area (Å²) in [6.07, 6.45) is 4.18. The van der Waals surface area contributed by atoms with Crippen LogP contribution in [0.5, 0.6) is 0 Å². The zero-order chi connectivity index (χ0) is 15.0. The quantitative estimate of drug-likeness (QED) is 0.744. The summed E-state index contributed by atoms with van der Waals surface area (Å²) >= 11 is 0. The summed E-state index contributed by atoms with van der Waals surface area (Å²) in [6.45, 7) is 4.47. The second-order valence-electron chi connectivity index (χ2n) is 5.01. The molecule has 1 aromatic carbocycles. The molecular weight excluding hydrogens is 257 g/mol. The molecule has 0 bridgehead atoms. The van der Waals surface area contributed by atoms with Gasteiger partial charge in [0.05, 0.1) is 12.2 Å². The van der Waals surface area contributed by atoms with Gasteiger partial charge in [-0.1, -0.05) is 38.3 Å². The summed E-state index contributed by atoms with van der Waals surface area (Å²) in [5.74, 6) is -0.800. The molecule has 0 unspecified atom stereocenters. The molecule has 0 aliphatic carbocycles. The van der Waals surface area contributed by atoms with Crippen molar-refractivity contribution in [2.75, 3.05) is 19.7 Å². The van der Waals surface area contributed by atoms with Gasteiger partial charge in [-0.15, -0.1) is 0 Å². The van der Waals surface area contributed by atoms with Crippen LogP contribution < -0.4 is 0 Å². The maximum absolute atomic E-state index is 14.0. The predicted octanol–water partition coefficient (Wildman–Crippen LogP) is 3.15. The molecule has 20 heavy (non-hydrogen) atoms. The molecule has 0 saturated heterocycles. The largest absolute Gasteiger partial charge is 0.395 e. The lowest BCUT2D eigenvalue weighted by atomic mass is 10.1. The monoisotopic (exact) mass is 281 g/mol. The second-order valence-corrected chi connectivity index (χ2v) is 5.01. The number of aryl methyl sites for hydroxylation is 1. The third kappa shape index (κ3) is 4.60. The minimum absolute atomic E-state index is 0.0916. The molecule has 0 spiro atoms. The number of hydrogen-bond donors (Lipinski definition) is 1. The van der Waals surface area contributed by atoms with Crippen LogP contribution in [-0.4, -0.2) is 35.6 Å². The lowest BCUT2D eigenvalue weighted by Gasteiger charge is -2.22. The van der Waals surface area contributed by atoms with E-state index in [-0.39, 0.29) is 24.6 Å². The van der Waals surface area contributed by atoms with Crippen molar-refractivity contribution in [1.82, 2.24) is 4.90 Å². The maximum Gasteiger partial charge on any atom is 0.256 e. The fourth-order valence-electron chi connectivity index (χ4n) is 2.15. The second kappa shape index (κ2) is 8.69. The zero-order valence-electron chi connectivity index (χ0n) is 12.4. The highest BCUT2D eigenvalue weighted by Gasteiger charge is 2.19. The minimum atomic E-state index is -0.464. The van der Waals surface area contributed by atoms with Gasteiger partial charge in [0.1, 0.15) is 5.82 Å². The van der Waals surface area contributed by atoms with Gasteiger partial charge in [0, 0.05) is 13.1 Å². The van der Waals surface area contributed by atoms with Crippen molar-refractivity contribution in [3.8, 4) is 0 Å². The van der Waals surface area contributed by atoms with E-state index in [1.807, 2.05) is 0 Å². The Balaban J connectivity index is 2.74. The van der Waals surface area contributed by atoms with Crippen molar-refractivity contribution < 1.29 is 14.3 Å². The van der Waals surface area contributed by atoms with Gasteiger partial charge in [0.2, 0.25) is 0 Å². The van der Waals surface area contributed by atoms with Crippen molar-refractivity contribution in [2.45, 2.75) is 39.5 Å². The van der Waals surface area contributed by atoms with Crippen molar-refractivity contribution in [3.05, 3.63) is 35.1 Å². The van der Waals surface area contributed by atoms with Gasteiger partial charge in [0.15, 0.2) is 0 Å². The van der Waals surface area contributed by atoms with Crippen molar-refractivity contribution in [1.29, 1.82) is 0 Å². The van der Waals surface area contributed by atoms with Gasteiger partial charge in [-0.05, 0) is 25.0 Å². The fraction of sp³-hybridized carbons (Fsp3) is 0.562. The van der Waals surface area contributed by atoms with E-state index >= 15 is 0 Å². The Labute approximate surface area is 120 Å². The van der Waals surface area contributed by atoms with Crippen LogP contribution in [-0.2, 0) is 0 Å². The maximum atomic E-state index is 14.0. The van der Waals surface area contributed by atoms with E-state index in [2.05, 4.69) is 6.92 Å². The van der Waals surface area contributed by atoms with Gasteiger partial charge in [0.25, 0.3) is 5.91 Å². The van der Waals surface area contributed by atoms with Gasteiger partial charge in [-0.3, -0.25) is 4.79 Å². The lowest BCUT2D eigenvalue weighted by Crippen LogP contribution is -2.35. The van der Waals surface area contributed by atoms with E-state index in [1.165, 1.54) is 11.0 Å². The van der Waals surface area contributed by atoms with E-state index in [4.69, 9.17) is 5.11 Å². The third-order valence-electron chi connectivity index (χ3n) is 3.36. The van der Waals surface area contributed by atoms with Crippen LogP contribution in [0, 0.1) is 12.7 Å². The average Bonchev–Trinajstić information content (AvgIpc) is 2.44. The number of amides is 1. The molecule has 0 fully saturated rings. The first-order valence-corrected chi connectivity index (χ1v) is 7.27. The summed E-state index contributed by atoms with van der Waals surface area (Å²) in [4.78, 5) is 13.9. The molecule has 112 valence electrons. The van der Waals surface area contributed by atoms with Crippen LogP contribution >= 0.6 is 0 Å². The summed E-state index contributed by atoms with van der Waals surface area (Å²) in [7, 11) is 0. The third-order valence-corrected chi connectivity index (χ3v) is 3.36. The van der Waals surface area contributed by atoms with Gasteiger partial charge < -0.3 is 10.0 Å². The molecule has 0 heterocycles. The Morgan fingerprint density at radius 2 is 2.00 bits per heavy atom. The number of carbonyl (C=O) groups is 1. The van der Waals surface area contributed by atoms with Crippen LogP contribution in [0.1, 0.15) is 48.5 Å². The molecule has 0 aromatic heterocycles. The summed E-state index contributed by atoms with van der Waals surface area (Å²) in [5.41, 5.74) is 0.555. The summed E-state index contributed by atoms with van der Waals surface area (Å²) in [6, 6.07) is 4.82. The Morgan fingerprint density at radius 1 is 1.25 bits per heavy atom. The first-order chi connectivity index (χ1) is 9.61. The number of benzene rings is 1. The first-order valence-electron chi connectivity index (χ1n) is 7.27. The Bertz CT molecular complexity index is 434. The number of aliphatic hydroxyl groups excluding tert-OH is 1. The molecule has 0 atom stereocenters. The summed E-state index contributed by atoms with van der Waals surface area (Å²) in [5, 5.41) is 9.07. The van der Waals surface area contributed by atoms with E-state index in [0.717, 1.165) is 25.7 Å². The number of aliphatic hydroxyl groups is 1. The Hall–Kier alpha value is -1.42. The number of rotatable bonds is 8. The highest BCUT2D eigenvalue weighted by molar-refractivity contribution is 5.94. The topological polar surface area (TPSA) is 40.5 Å². The van der Waals surface area contributed by atoms with Crippen molar-refractivity contribution in [2.24, 2.45) is 0 Å². The highest BCUT2D eigenvalue weighted by atomic mass is 19.1. The van der Waals surface area contributed by atoms with Gasteiger partial charge in [-0.25, -0.2) is 4.39 Å². The number of halogens is 1. The SMILES string of the molecule is CCCCCCN(CCO)C(=O)c1cccc(C)c1F. The standard InChI is InChI=1S/C16H24FNO2/c1-3-4-5-6-10-18(11-12-19)16(20)14-9-7-8-13(2)15(14)17/h7-9,19H,3-6,10-12H2,1-2H3. The van der Waals surface area contributed by atoms with Crippen molar-refractivity contribution in [3.63, 3.8) is 0 Å². The molecule has 1 N–H and O–H groups in total. The van der Waals surface area contributed by atoms with Crippen LogP contribution in [0.4, 0.5) is 4.39 Å². The van der Waals surface area contributed by atoms with Gasteiger partial charge in [-0.2, -0.15) is 0 Å². The van der Waals surface area contributed by atoms with E-state index < -0.39 is 5.82 Å². The molecule has 1 amide bonds. The molecule has 0 radical (unpaired) electrons. The predicted molar refractivity (Wildman–Crippen MR) is 78.3 cm³/mol. The zero-order valence-corrected chi connectivity index (χ0v) is 12.4. The number of hydrogen-bond acceptors (Lipinski definition) is 2. The highest BCUT2D eigenvalue weighted by Crippen LogP contribution is 2.15. The molecule has 1 rings (SSSR count). The molecule has 1 aromatic rings. The van der Waals surface area contributed by atoms with Crippen molar-refractivity contribution >= 4 is 5.91 Å². The molecule has 0 aliphatic heterocycles. The number of carbonyl (C=O) groups excluding carboxylic acids is 1. The normalized spacial score (nSPS) is 10.6. The van der Waals surface area contributed by atoms with E-state index in [9.17, 15) is 9.18 Å². The molecular formula is C16H24FNO2. The average molecular weight is 281 g/mol. The molecule has 3 nitrogen and oxygen atoms in total. The smallest absolute Gasteiger partial charge is 0.256 e. The van der Waals surface area contributed by atoms with Crippen LogP contribution in [0.25, 0.3) is 0 Å². The molecule has 0 saturated carbocycles. The van der Waals surface area contributed by atoms with Crippen LogP contribution in [0.3, 0.4) is 0 Å². The van der Waals surface area contributed by atoms with Crippen LogP contribution in [0.15, 0.2) is 18.2 Å². The molecule has 0 aliphatic rings. The fourth-order valence-corrected chi connectivity index (χ4v) is 2.15. The number of unbranched alkanes of at least 4 members (excludes halogenated alkanes) is 3. The Morgan fingerprint density at radius 3 is 2.65 bits per heavy atom. The van der Waals surface area contributed by atoms with E-state index in [1.54, 1.807) is 19.1 Å². The van der Waals surface area contributed by atoms with Gasteiger partial charge >= 0.3 is 0 Å². The first kappa shape index (κ1) is 16.6. The molecule has 4 heteroatoms. The number of nitrogens with zero attached hydrogens (tertiary/aromatic N) is 1. The Kier molecular flexibility index (Phi) is 7.23. The van der Waals surface area contributed by atoms with Crippen LogP contribution in [0.2, 0.25) is 0 Å². The van der Waals surface area contributed by atoms with E-state index in [0.29, 0.717) is 12.1 Å². The minimum Gasteiger partial charge on any atom is -0.395 e.